The number of hydrogen-bond donors (Lipinski definition) is 4. The molecule has 20 heteroatoms. The van der Waals surface area contributed by atoms with Crippen molar-refractivity contribution < 1.29 is 183 Å². The summed E-state index contributed by atoms with van der Waals surface area (Å²) in [5, 5.41) is 95.5. The van der Waals surface area contributed by atoms with Crippen LogP contribution in [-0.4, -0.2) is 140 Å². The zero-order valence-corrected chi connectivity index (χ0v) is 26.5. The fraction of sp³-hybridized carbons (Fsp3) is 0.500. The number of carboxylic acid groups (broad SMARTS) is 6. The van der Waals surface area contributed by atoms with Gasteiger partial charge in [-0.1, -0.05) is 0 Å². The van der Waals surface area contributed by atoms with Gasteiger partial charge in [0.1, 0.15) is 23.4 Å². The molecule has 0 unspecified atom stereocenters. The molecule has 0 radical (unpaired) electrons. The van der Waals surface area contributed by atoms with Gasteiger partial charge in [0.15, 0.2) is 0 Å². The third-order valence-electron chi connectivity index (χ3n) is 2.89. The van der Waals surface area contributed by atoms with Gasteiger partial charge in [-0.3, -0.25) is 0 Å². The van der Waals surface area contributed by atoms with Gasteiger partial charge in [0.2, 0.25) is 0 Å². The topological polar surface area (TPSA) is 322 Å². The van der Waals surface area contributed by atoms with Crippen molar-refractivity contribution in [1.82, 2.24) is 0 Å². The molecule has 0 aliphatic heterocycles. The number of aliphatic carboxylic acids is 6. The Morgan fingerprint density at radius 1 is 0.625 bits per heavy atom. The Hall–Kier alpha value is 1.96. The molecule has 160 valence electrons. The third-order valence-corrected chi connectivity index (χ3v) is 2.89. The smallest absolute Gasteiger partial charge is 0.550 e. The molecule has 0 amide bonds. The fourth-order valence-corrected chi connectivity index (χ4v) is 1.39. The maximum Gasteiger partial charge on any atom is 2.00 e. The Bertz CT molecular complexity index is 621. The molecule has 0 saturated heterocycles. The van der Waals surface area contributed by atoms with Gasteiger partial charge in [0, 0.05) is 24.8 Å². The normalized spacial score (nSPS) is 14.6. The van der Waals surface area contributed by atoms with Crippen LogP contribution in [-0.2, 0) is 28.8 Å². The summed E-state index contributed by atoms with van der Waals surface area (Å²) in [7, 11) is 0. The first-order chi connectivity index (χ1) is 12.4. The summed E-state index contributed by atoms with van der Waals surface area (Å²) in [4.78, 5) is 60.3. The molecule has 0 heterocycles. The average molecular weight is 553 g/mol. The van der Waals surface area contributed by atoms with Gasteiger partial charge in [-0.15, -0.1) is 0 Å². The van der Waals surface area contributed by atoms with E-state index in [0.29, 0.717) is 0 Å². The van der Waals surface area contributed by atoms with Gasteiger partial charge in [-0.05, 0) is 0 Å². The predicted octanol–water partition coefficient (Wildman–Crippen LogP) is -19.3. The Morgan fingerprint density at radius 2 is 0.812 bits per heavy atom. The molecule has 4 N–H and O–H groups in total. The number of aliphatic hydroxyl groups excluding tert-OH is 2. The third kappa shape index (κ3) is 15.9. The van der Waals surface area contributed by atoms with Crippen LogP contribution in [0.1, 0.15) is 12.8 Å². The number of carbonyl (C=O) groups is 6. The molecular weight excluding hydrogens is 543 g/mol. The molecule has 0 aromatic rings. The maximum atomic E-state index is 10.2. The van der Waals surface area contributed by atoms with Gasteiger partial charge in [0.25, 0.3) is 0 Å². The van der Waals surface area contributed by atoms with Crippen molar-refractivity contribution in [3.63, 3.8) is 0 Å². The summed E-state index contributed by atoms with van der Waals surface area (Å²) in [6.07, 6.45) is -9.06. The molecule has 0 aliphatic carbocycles. The summed E-state index contributed by atoms with van der Waals surface area (Å²) in [5.74, 6) is -13.7. The van der Waals surface area contributed by atoms with Crippen LogP contribution in [0.3, 0.4) is 0 Å². The zero-order chi connectivity index (χ0) is 23.0. The molecule has 0 aromatic heterocycles. The fourth-order valence-electron chi connectivity index (χ4n) is 1.39. The summed E-state index contributed by atoms with van der Waals surface area (Å²) in [6.45, 7) is 0. The SMILES string of the molecule is O=C([O-])C[C@@](O)(C(=O)[O-])[C@H](O)C(=O)[O-].O=C([O-])C[C@@](O)(C(=O)[O-])[C@H](O)C(=O)[O-].[Ca+2].[K+].[K+].[Mg+2]. The second kappa shape index (κ2) is 21.1. The van der Waals surface area contributed by atoms with Crippen molar-refractivity contribution >= 4 is 96.6 Å². The van der Waals surface area contributed by atoms with E-state index in [2.05, 4.69) is 0 Å². The van der Waals surface area contributed by atoms with E-state index in [9.17, 15) is 59.4 Å². The molecule has 0 fully saturated rings. The molecule has 0 saturated carbocycles. The minimum Gasteiger partial charge on any atom is -0.550 e. The first-order valence-corrected chi connectivity index (χ1v) is 6.48. The van der Waals surface area contributed by atoms with Crippen LogP contribution < -0.4 is 133 Å². The Morgan fingerprint density at radius 3 is 0.906 bits per heavy atom. The molecule has 32 heavy (non-hydrogen) atoms. The van der Waals surface area contributed by atoms with Crippen molar-refractivity contribution in [3.05, 3.63) is 0 Å². The summed E-state index contributed by atoms with van der Waals surface area (Å²) < 4.78 is 0. The van der Waals surface area contributed by atoms with E-state index in [-0.39, 0.29) is 164 Å². The summed E-state index contributed by atoms with van der Waals surface area (Å²) in [6, 6.07) is 0. The monoisotopic (exact) mass is 552 g/mol. The molecule has 16 nitrogen and oxygen atoms in total. The largest absolute Gasteiger partial charge is 2.00 e. The molecule has 0 spiro atoms. The number of carbonyl (C=O) groups excluding carboxylic acids is 6. The van der Waals surface area contributed by atoms with E-state index in [0.717, 1.165) is 0 Å². The van der Waals surface area contributed by atoms with Crippen LogP contribution in [0, 0.1) is 0 Å². The second-order valence-corrected chi connectivity index (χ2v) is 4.96. The standard InChI is InChI=1S/2C6H8O8.Ca.2K.Mg/c2*7-2(8)1-6(14,5(12)13)3(9)4(10)11;;;;/h2*3,9,14H,1H2,(H,7,8)(H,10,11)(H,12,13);;;;/q;;+2;2*+1;+2/p-6/t2*3-,6+;;;;/m11..../s1. The zero-order valence-electron chi connectivity index (χ0n) is 16.7. The van der Waals surface area contributed by atoms with E-state index in [1.807, 2.05) is 0 Å². The predicted molar refractivity (Wildman–Crippen MR) is 72.7 cm³/mol. The van der Waals surface area contributed by atoms with Crippen molar-refractivity contribution in [2.24, 2.45) is 0 Å². The van der Waals surface area contributed by atoms with Crippen LogP contribution in [0.15, 0.2) is 0 Å². The van der Waals surface area contributed by atoms with Crippen molar-refractivity contribution in [2.45, 2.75) is 36.3 Å². The van der Waals surface area contributed by atoms with E-state index >= 15 is 0 Å². The summed E-state index contributed by atoms with van der Waals surface area (Å²) in [5.41, 5.74) is -6.92. The second-order valence-electron chi connectivity index (χ2n) is 4.96. The number of hydrogen-bond acceptors (Lipinski definition) is 16. The Kier molecular flexibility index (Phi) is 31.1. The molecule has 0 aliphatic rings. The van der Waals surface area contributed by atoms with Gasteiger partial charge < -0.3 is 79.8 Å². The first kappa shape index (κ1) is 47.2. The van der Waals surface area contributed by atoms with Crippen LogP contribution in [0.25, 0.3) is 0 Å². The van der Waals surface area contributed by atoms with Crippen LogP contribution in [0.4, 0.5) is 0 Å². The minimum atomic E-state index is -3.46. The number of rotatable bonds is 10. The minimum absolute atomic E-state index is 0. The van der Waals surface area contributed by atoms with Crippen molar-refractivity contribution in [3.8, 4) is 0 Å². The van der Waals surface area contributed by atoms with Gasteiger partial charge in [0.05, 0.1) is 23.9 Å². The van der Waals surface area contributed by atoms with Gasteiger partial charge >= 0.3 is 164 Å². The molecule has 0 rings (SSSR count). The first-order valence-electron chi connectivity index (χ1n) is 6.48. The number of aliphatic hydroxyl groups is 4. The quantitative estimate of drug-likeness (QED) is 0.183. The molecule has 0 bridgehead atoms. The van der Waals surface area contributed by atoms with Crippen LogP contribution in [0.5, 0.6) is 0 Å². The van der Waals surface area contributed by atoms with Gasteiger partial charge in [-0.25, -0.2) is 0 Å². The number of carboxylic acids is 6. The van der Waals surface area contributed by atoms with Crippen molar-refractivity contribution in [1.29, 1.82) is 0 Å². The van der Waals surface area contributed by atoms with Crippen molar-refractivity contribution in [2.75, 3.05) is 0 Å². The van der Waals surface area contributed by atoms with Crippen LogP contribution >= 0.6 is 0 Å². The summed E-state index contributed by atoms with van der Waals surface area (Å²) >= 11 is 0. The Labute approximate surface area is 309 Å². The average Bonchev–Trinajstić information content (AvgIpc) is 2.51. The van der Waals surface area contributed by atoms with E-state index in [1.165, 1.54) is 0 Å². The van der Waals surface area contributed by atoms with Crippen LogP contribution in [0.2, 0.25) is 0 Å². The maximum absolute atomic E-state index is 10.2. The van der Waals surface area contributed by atoms with Gasteiger partial charge in [-0.2, -0.15) is 0 Å². The van der Waals surface area contributed by atoms with E-state index in [4.69, 9.17) is 20.4 Å². The van der Waals surface area contributed by atoms with E-state index in [1.54, 1.807) is 0 Å². The molecular formula is C12H10CaK2MgO16. The molecule has 0 aromatic carbocycles. The van der Waals surface area contributed by atoms with E-state index < -0.39 is 72.1 Å². The molecule has 4 atom stereocenters. The Balaban J connectivity index is -0.0000000939.